The van der Waals surface area contributed by atoms with Crippen LogP contribution in [0.3, 0.4) is 0 Å². The summed E-state index contributed by atoms with van der Waals surface area (Å²) in [7, 11) is 0. The molecule has 0 spiro atoms. The Hall–Kier alpha value is -3.93. The Morgan fingerprint density at radius 3 is 2.48 bits per heavy atom. The lowest BCUT2D eigenvalue weighted by molar-refractivity contribution is 0.0692. The van der Waals surface area contributed by atoms with E-state index in [1.54, 1.807) is 18.2 Å². The minimum Gasteiger partial charge on any atom is -0.478 e. The van der Waals surface area contributed by atoms with E-state index in [9.17, 15) is 14.7 Å². The van der Waals surface area contributed by atoms with Crippen molar-refractivity contribution in [2.24, 2.45) is 0 Å². The lowest BCUT2D eigenvalue weighted by atomic mass is 10.1. The number of hydrogen-bond acceptors (Lipinski definition) is 3. The number of carboxylic acids is 1. The lowest BCUT2D eigenvalue weighted by Crippen LogP contribution is -2.16. The molecule has 2 N–H and O–H groups in total. The lowest BCUT2D eigenvalue weighted by Gasteiger charge is -2.08. The molecular formula is C21H15N3O3. The molecule has 0 aliphatic heterocycles. The van der Waals surface area contributed by atoms with Crippen molar-refractivity contribution < 1.29 is 14.7 Å². The summed E-state index contributed by atoms with van der Waals surface area (Å²) in [6.45, 7) is 0. The van der Waals surface area contributed by atoms with Crippen LogP contribution >= 0.6 is 0 Å². The van der Waals surface area contributed by atoms with Crippen LogP contribution in [0.5, 0.6) is 0 Å². The molecule has 0 saturated heterocycles. The first-order chi connectivity index (χ1) is 13.1. The van der Waals surface area contributed by atoms with Crippen molar-refractivity contribution in [2.75, 3.05) is 5.32 Å². The Bertz CT molecular complexity index is 1130. The molecule has 6 heteroatoms. The predicted molar refractivity (Wildman–Crippen MR) is 102 cm³/mol. The number of rotatable bonds is 4. The van der Waals surface area contributed by atoms with Gasteiger partial charge in [-0.15, -0.1) is 0 Å². The molecule has 2 aromatic carbocycles. The van der Waals surface area contributed by atoms with Crippen molar-refractivity contribution in [1.82, 2.24) is 9.38 Å². The third-order valence-electron chi connectivity index (χ3n) is 4.18. The highest BCUT2D eigenvalue weighted by molar-refractivity contribution is 6.10. The average Bonchev–Trinajstić information content (AvgIpc) is 3.12. The first kappa shape index (κ1) is 16.5. The van der Waals surface area contributed by atoms with Gasteiger partial charge in [0.2, 0.25) is 0 Å². The first-order valence-corrected chi connectivity index (χ1v) is 8.30. The number of carbonyl (C=O) groups excluding carboxylic acids is 1. The SMILES string of the molecule is O=C(O)c1ccccc1C(=O)Nc1cccc(-c2cn3ccccc3n2)c1. The molecule has 0 radical (unpaired) electrons. The second kappa shape index (κ2) is 6.76. The highest BCUT2D eigenvalue weighted by Crippen LogP contribution is 2.23. The highest BCUT2D eigenvalue weighted by Gasteiger charge is 2.16. The molecule has 1 amide bonds. The van der Waals surface area contributed by atoms with Crippen molar-refractivity contribution in [2.45, 2.75) is 0 Å². The number of nitrogens with zero attached hydrogens (tertiary/aromatic N) is 2. The van der Waals surface area contributed by atoms with E-state index in [4.69, 9.17) is 0 Å². The van der Waals surface area contributed by atoms with Crippen molar-refractivity contribution in [3.05, 3.63) is 90.3 Å². The number of carbonyl (C=O) groups is 2. The average molecular weight is 357 g/mol. The summed E-state index contributed by atoms with van der Waals surface area (Å²) < 4.78 is 1.92. The number of nitrogens with one attached hydrogen (secondary N) is 1. The van der Waals surface area contributed by atoms with E-state index in [0.29, 0.717) is 5.69 Å². The van der Waals surface area contributed by atoms with Crippen LogP contribution in [0, 0.1) is 0 Å². The molecule has 4 rings (SSSR count). The predicted octanol–water partition coefficient (Wildman–Crippen LogP) is 3.95. The third-order valence-corrected chi connectivity index (χ3v) is 4.18. The zero-order valence-corrected chi connectivity index (χ0v) is 14.2. The number of imidazole rings is 1. The number of carboxylic acid groups (broad SMARTS) is 1. The van der Waals surface area contributed by atoms with Crippen LogP contribution in [0.15, 0.2) is 79.1 Å². The topological polar surface area (TPSA) is 83.7 Å². The second-order valence-corrected chi connectivity index (χ2v) is 5.98. The molecule has 0 aliphatic rings. The molecule has 0 fully saturated rings. The molecule has 2 aromatic heterocycles. The third kappa shape index (κ3) is 3.28. The maximum atomic E-state index is 12.5. The fraction of sp³-hybridized carbons (Fsp3) is 0. The van der Waals surface area contributed by atoms with Gasteiger partial charge in [0.1, 0.15) is 5.65 Å². The molecule has 4 aromatic rings. The van der Waals surface area contributed by atoms with Gasteiger partial charge in [-0.25, -0.2) is 9.78 Å². The van der Waals surface area contributed by atoms with Crippen LogP contribution in [0.2, 0.25) is 0 Å². The van der Waals surface area contributed by atoms with Crippen LogP contribution < -0.4 is 5.32 Å². The van der Waals surface area contributed by atoms with Gasteiger partial charge in [-0.1, -0.05) is 30.3 Å². The van der Waals surface area contributed by atoms with Gasteiger partial charge < -0.3 is 14.8 Å². The Morgan fingerprint density at radius 1 is 0.926 bits per heavy atom. The number of benzene rings is 2. The van der Waals surface area contributed by atoms with Gasteiger partial charge in [0.15, 0.2) is 0 Å². The van der Waals surface area contributed by atoms with Crippen molar-refractivity contribution in [3.8, 4) is 11.3 Å². The van der Waals surface area contributed by atoms with Crippen LogP contribution in [0.25, 0.3) is 16.9 Å². The zero-order chi connectivity index (χ0) is 18.8. The number of anilines is 1. The molecule has 27 heavy (non-hydrogen) atoms. The molecule has 0 saturated carbocycles. The number of aromatic carboxylic acids is 1. The number of aromatic nitrogens is 2. The standard InChI is InChI=1S/C21H15N3O3/c25-20(16-8-1-2-9-17(16)21(26)27)22-15-7-5-6-14(12-15)18-13-24-11-4-3-10-19(24)23-18/h1-13H,(H,22,25)(H,26,27). The van der Waals surface area contributed by atoms with E-state index >= 15 is 0 Å². The molecule has 2 heterocycles. The molecule has 132 valence electrons. The summed E-state index contributed by atoms with van der Waals surface area (Å²) in [5.74, 6) is -1.61. The van der Waals surface area contributed by atoms with Crippen LogP contribution in [-0.2, 0) is 0 Å². The van der Waals surface area contributed by atoms with Gasteiger partial charge in [0, 0.05) is 23.6 Å². The normalized spacial score (nSPS) is 10.7. The molecule has 0 bridgehead atoms. The van der Waals surface area contributed by atoms with E-state index in [1.807, 2.05) is 53.2 Å². The largest absolute Gasteiger partial charge is 0.478 e. The summed E-state index contributed by atoms with van der Waals surface area (Å²) in [5, 5.41) is 12.0. The smallest absolute Gasteiger partial charge is 0.336 e. The zero-order valence-electron chi connectivity index (χ0n) is 14.2. The maximum absolute atomic E-state index is 12.5. The summed E-state index contributed by atoms with van der Waals surface area (Å²) >= 11 is 0. The summed E-state index contributed by atoms with van der Waals surface area (Å²) in [5.41, 5.74) is 3.10. The number of hydrogen-bond donors (Lipinski definition) is 2. The van der Waals surface area contributed by atoms with Crippen LogP contribution in [0.1, 0.15) is 20.7 Å². The molecule has 6 nitrogen and oxygen atoms in total. The number of amides is 1. The van der Waals surface area contributed by atoms with E-state index in [-0.39, 0.29) is 11.1 Å². The summed E-state index contributed by atoms with van der Waals surface area (Å²) in [6, 6.07) is 19.2. The Morgan fingerprint density at radius 2 is 1.70 bits per heavy atom. The van der Waals surface area contributed by atoms with Crippen molar-refractivity contribution >= 4 is 23.2 Å². The quantitative estimate of drug-likeness (QED) is 0.579. The minimum absolute atomic E-state index is 0.0356. The van der Waals surface area contributed by atoms with E-state index < -0.39 is 11.9 Å². The molecule has 0 atom stereocenters. The van der Waals surface area contributed by atoms with E-state index in [2.05, 4.69) is 10.3 Å². The molecular weight excluding hydrogens is 342 g/mol. The number of fused-ring (bicyclic) bond motifs is 1. The van der Waals surface area contributed by atoms with Crippen molar-refractivity contribution in [3.63, 3.8) is 0 Å². The Balaban J connectivity index is 1.63. The van der Waals surface area contributed by atoms with Crippen LogP contribution in [0.4, 0.5) is 5.69 Å². The summed E-state index contributed by atoms with van der Waals surface area (Å²) in [6.07, 6.45) is 3.83. The van der Waals surface area contributed by atoms with Gasteiger partial charge in [0.05, 0.1) is 16.8 Å². The van der Waals surface area contributed by atoms with E-state index in [1.165, 1.54) is 12.1 Å². The van der Waals surface area contributed by atoms with E-state index in [0.717, 1.165) is 16.9 Å². The van der Waals surface area contributed by atoms with Gasteiger partial charge in [0.25, 0.3) is 5.91 Å². The van der Waals surface area contributed by atoms with Gasteiger partial charge >= 0.3 is 5.97 Å². The van der Waals surface area contributed by atoms with Gasteiger partial charge in [-0.05, 0) is 36.4 Å². The Labute approximate surface area is 154 Å². The Kier molecular flexibility index (Phi) is 4.14. The molecule has 0 aliphatic carbocycles. The van der Waals surface area contributed by atoms with Crippen LogP contribution in [-0.4, -0.2) is 26.4 Å². The fourth-order valence-electron chi connectivity index (χ4n) is 2.90. The summed E-state index contributed by atoms with van der Waals surface area (Å²) in [4.78, 5) is 28.4. The molecule has 0 unspecified atom stereocenters. The van der Waals surface area contributed by atoms with Gasteiger partial charge in [-0.2, -0.15) is 0 Å². The minimum atomic E-state index is -1.14. The monoisotopic (exact) mass is 357 g/mol. The maximum Gasteiger partial charge on any atom is 0.336 e. The van der Waals surface area contributed by atoms with Crippen molar-refractivity contribution in [1.29, 1.82) is 0 Å². The fourth-order valence-corrected chi connectivity index (χ4v) is 2.90. The second-order valence-electron chi connectivity index (χ2n) is 5.98. The highest BCUT2D eigenvalue weighted by atomic mass is 16.4. The number of pyridine rings is 1. The van der Waals surface area contributed by atoms with Gasteiger partial charge in [-0.3, -0.25) is 4.79 Å². The first-order valence-electron chi connectivity index (χ1n) is 8.30.